The first-order chi connectivity index (χ1) is 12.1. The van der Waals surface area contributed by atoms with Crippen molar-refractivity contribution in [3.8, 4) is 5.75 Å². The van der Waals surface area contributed by atoms with Crippen LogP contribution in [0.15, 0.2) is 53.0 Å². The zero-order valence-corrected chi connectivity index (χ0v) is 15.2. The summed E-state index contributed by atoms with van der Waals surface area (Å²) in [5.74, 6) is 0.204. The largest absolute Gasteiger partial charge is 0.545 e. The van der Waals surface area contributed by atoms with Crippen molar-refractivity contribution in [1.29, 1.82) is 0 Å². The van der Waals surface area contributed by atoms with Gasteiger partial charge in [0.2, 0.25) is 0 Å². The summed E-state index contributed by atoms with van der Waals surface area (Å²) in [5, 5.41) is 14.8. The molecule has 0 saturated heterocycles. The number of aromatic carboxylic acids is 1. The second-order valence-corrected chi connectivity index (χ2v) is 7.37. The topological polar surface area (TPSA) is 61.4 Å². The summed E-state index contributed by atoms with van der Waals surface area (Å²) in [7, 11) is 1.68. The highest BCUT2D eigenvalue weighted by molar-refractivity contribution is 9.10. The number of methoxy groups -OCH3 is 1. The molecule has 0 bridgehead atoms. The highest BCUT2D eigenvalue weighted by atomic mass is 79.9. The zero-order chi connectivity index (χ0) is 17.6. The molecule has 1 N–H and O–H groups in total. The van der Waals surface area contributed by atoms with Gasteiger partial charge < -0.3 is 20.0 Å². The minimum atomic E-state index is -1.14. The Bertz CT molecular complexity index is 877. The van der Waals surface area contributed by atoms with E-state index in [9.17, 15) is 9.90 Å². The molecule has 2 aliphatic rings. The maximum absolute atomic E-state index is 11.2. The Hall–Kier alpha value is -2.27. The van der Waals surface area contributed by atoms with Gasteiger partial charge in [0.05, 0.1) is 19.1 Å². The van der Waals surface area contributed by atoms with Crippen LogP contribution in [0.25, 0.3) is 0 Å². The molecule has 4 rings (SSSR count). The lowest BCUT2D eigenvalue weighted by Gasteiger charge is -2.38. The monoisotopic (exact) mass is 398 g/mol. The minimum Gasteiger partial charge on any atom is -0.545 e. The minimum absolute atomic E-state index is 0.0914. The summed E-state index contributed by atoms with van der Waals surface area (Å²) in [6.45, 7) is 0. The van der Waals surface area contributed by atoms with Crippen LogP contribution < -0.4 is 15.2 Å². The van der Waals surface area contributed by atoms with E-state index >= 15 is 0 Å². The first-order valence-electron chi connectivity index (χ1n) is 8.20. The molecule has 128 valence electrons. The van der Waals surface area contributed by atoms with E-state index in [0.717, 1.165) is 33.5 Å². The molecule has 3 atom stereocenters. The smallest absolute Gasteiger partial charge is 0.124 e. The van der Waals surface area contributed by atoms with E-state index in [-0.39, 0.29) is 17.5 Å². The number of carboxylic acids is 1. The van der Waals surface area contributed by atoms with Crippen molar-refractivity contribution in [1.82, 2.24) is 0 Å². The molecule has 1 heterocycles. The Kier molecular flexibility index (Phi) is 4.04. The van der Waals surface area contributed by atoms with Crippen LogP contribution in [0.2, 0.25) is 0 Å². The summed E-state index contributed by atoms with van der Waals surface area (Å²) in [5.41, 5.74) is 3.30. The number of carbonyl (C=O) groups is 1. The molecule has 0 saturated carbocycles. The molecule has 0 amide bonds. The quantitative estimate of drug-likeness (QED) is 0.801. The number of fused-ring (bicyclic) bond motifs is 3. The highest BCUT2D eigenvalue weighted by Gasteiger charge is 2.39. The van der Waals surface area contributed by atoms with Crippen LogP contribution in [-0.2, 0) is 0 Å². The summed E-state index contributed by atoms with van der Waals surface area (Å²) in [4.78, 5) is 11.2. The summed E-state index contributed by atoms with van der Waals surface area (Å²) < 4.78 is 6.58. The molecule has 4 nitrogen and oxygen atoms in total. The molecule has 0 fully saturated rings. The second kappa shape index (κ2) is 6.23. The molecule has 0 unspecified atom stereocenters. The number of hydrogen-bond donors (Lipinski definition) is 1. The van der Waals surface area contributed by atoms with Crippen molar-refractivity contribution in [3.05, 3.63) is 69.7 Å². The maximum Gasteiger partial charge on any atom is 0.124 e. The number of allylic oxidation sites excluding steroid dienone is 2. The summed E-state index contributed by atoms with van der Waals surface area (Å²) >= 11 is 3.55. The van der Waals surface area contributed by atoms with Gasteiger partial charge in [-0.25, -0.2) is 0 Å². The summed E-state index contributed by atoms with van der Waals surface area (Å²) in [6, 6.07) is 11.3. The Morgan fingerprint density at radius 3 is 2.84 bits per heavy atom. The lowest BCUT2D eigenvalue weighted by molar-refractivity contribution is -0.255. The fourth-order valence-electron chi connectivity index (χ4n) is 3.98. The van der Waals surface area contributed by atoms with Gasteiger partial charge in [-0.05, 0) is 53.8 Å². The number of ether oxygens (including phenoxy) is 1. The number of anilines is 1. The van der Waals surface area contributed by atoms with E-state index in [1.807, 2.05) is 18.2 Å². The van der Waals surface area contributed by atoms with Crippen LogP contribution in [0.4, 0.5) is 5.69 Å². The second-order valence-electron chi connectivity index (χ2n) is 6.45. The van der Waals surface area contributed by atoms with E-state index in [2.05, 4.69) is 39.5 Å². The average Bonchev–Trinajstić information content (AvgIpc) is 3.10. The van der Waals surface area contributed by atoms with E-state index in [1.165, 1.54) is 0 Å². The maximum atomic E-state index is 11.2. The summed E-state index contributed by atoms with van der Waals surface area (Å²) in [6.07, 6.45) is 5.29. The predicted octanol–water partition coefficient (Wildman–Crippen LogP) is 3.65. The van der Waals surface area contributed by atoms with Gasteiger partial charge >= 0.3 is 0 Å². The zero-order valence-electron chi connectivity index (χ0n) is 13.7. The van der Waals surface area contributed by atoms with Crippen LogP contribution in [0.3, 0.4) is 0 Å². The fourth-order valence-corrected chi connectivity index (χ4v) is 4.36. The SMILES string of the molecule is COc1ccc(Br)cc1[C@@H]1Nc2ccc(C(=O)[O-])cc2[C@H]2C=CC[C@H]21. The number of halogens is 1. The molecule has 1 aliphatic heterocycles. The number of benzene rings is 2. The van der Waals surface area contributed by atoms with E-state index < -0.39 is 5.97 Å². The van der Waals surface area contributed by atoms with Crippen LogP contribution in [0, 0.1) is 5.92 Å². The number of carbonyl (C=O) groups excluding carboxylic acids is 1. The molecule has 25 heavy (non-hydrogen) atoms. The van der Waals surface area contributed by atoms with Crippen LogP contribution >= 0.6 is 15.9 Å². The van der Waals surface area contributed by atoms with Crippen LogP contribution in [-0.4, -0.2) is 13.1 Å². The van der Waals surface area contributed by atoms with Crippen LogP contribution in [0.5, 0.6) is 5.75 Å². The van der Waals surface area contributed by atoms with E-state index in [0.29, 0.717) is 5.92 Å². The van der Waals surface area contributed by atoms with Gasteiger partial charge in [-0.1, -0.05) is 34.1 Å². The van der Waals surface area contributed by atoms with Crippen molar-refractivity contribution >= 4 is 27.6 Å². The van der Waals surface area contributed by atoms with Crippen LogP contribution in [0.1, 0.15) is 39.9 Å². The van der Waals surface area contributed by atoms with Gasteiger partial charge in [-0.2, -0.15) is 0 Å². The van der Waals surface area contributed by atoms with Gasteiger partial charge in [-0.15, -0.1) is 0 Å². The van der Waals surface area contributed by atoms with Crippen molar-refractivity contribution in [2.45, 2.75) is 18.4 Å². The predicted molar refractivity (Wildman–Crippen MR) is 97.8 cm³/mol. The lowest BCUT2D eigenvalue weighted by atomic mass is 9.76. The first-order valence-corrected chi connectivity index (χ1v) is 8.99. The molecule has 2 aromatic carbocycles. The molecule has 1 aliphatic carbocycles. The third kappa shape index (κ3) is 2.72. The van der Waals surface area contributed by atoms with Crippen molar-refractivity contribution in [2.24, 2.45) is 5.92 Å². The van der Waals surface area contributed by atoms with E-state index in [4.69, 9.17) is 4.74 Å². The Morgan fingerprint density at radius 1 is 1.24 bits per heavy atom. The molecule has 2 aromatic rings. The Balaban J connectivity index is 1.81. The van der Waals surface area contributed by atoms with Crippen molar-refractivity contribution < 1.29 is 14.6 Å². The number of hydrogen-bond acceptors (Lipinski definition) is 4. The van der Waals surface area contributed by atoms with Gasteiger partial charge in [0.15, 0.2) is 0 Å². The Morgan fingerprint density at radius 2 is 2.08 bits per heavy atom. The number of rotatable bonds is 3. The third-order valence-electron chi connectivity index (χ3n) is 5.13. The molecule has 5 heteroatoms. The number of carboxylic acid groups (broad SMARTS) is 1. The lowest BCUT2D eigenvalue weighted by Crippen LogP contribution is -2.30. The van der Waals surface area contributed by atoms with Crippen molar-refractivity contribution in [3.63, 3.8) is 0 Å². The number of nitrogens with one attached hydrogen (secondary N) is 1. The van der Waals surface area contributed by atoms with Gasteiger partial charge in [-0.3, -0.25) is 0 Å². The normalized spacial score (nSPS) is 23.5. The molecule has 0 radical (unpaired) electrons. The van der Waals surface area contributed by atoms with Gasteiger partial charge in [0.25, 0.3) is 0 Å². The highest BCUT2D eigenvalue weighted by Crippen LogP contribution is 2.51. The first kappa shape index (κ1) is 16.2. The van der Waals surface area contributed by atoms with E-state index in [1.54, 1.807) is 19.2 Å². The fraction of sp³-hybridized carbons (Fsp3) is 0.250. The molecular weight excluding hydrogens is 382 g/mol. The van der Waals surface area contributed by atoms with Crippen molar-refractivity contribution in [2.75, 3.05) is 12.4 Å². The molecular formula is C20H17BrNO3-. The molecule has 0 spiro atoms. The molecule has 0 aromatic heterocycles. The van der Waals surface area contributed by atoms with Gasteiger partial charge in [0, 0.05) is 21.6 Å². The average molecular weight is 399 g/mol. The standard InChI is InChI=1S/C20H18BrNO3/c1-25-18-8-6-12(21)10-16(18)19-14-4-2-3-13(14)15-9-11(20(23)24)5-7-17(15)22-19/h2-3,5-10,13-14,19,22H,4H2,1H3,(H,23,24)/p-1/t13-,14+,19+/m0/s1. The third-order valence-corrected chi connectivity index (χ3v) is 5.62. The Labute approximate surface area is 154 Å². The van der Waals surface area contributed by atoms with Gasteiger partial charge in [0.1, 0.15) is 5.75 Å².